The van der Waals surface area contributed by atoms with Gasteiger partial charge in [-0.1, -0.05) is 335 Å². The van der Waals surface area contributed by atoms with Crippen LogP contribution in [0.5, 0.6) is 0 Å². The van der Waals surface area contributed by atoms with Crippen LogP contribution in [0.1, 0.15) is 354 Å². The van der Waals surface area contributed by atoms with E-state index >= 15 is 0 Å². The maximum absolute atomic E-state index is 13.2. The summed E-state index contributed by atoms with van der Waals surface area (Å²) in [6.07, 6.45) is 58.7. The molecular formula is C65H129NO11S. The zero-order valence-electron chi connectivity index (χ0n) is 51.0. The van der Waals surface area contributed by atoms with Gasteiger partial charge in [0.2, 0.25) is 5.91 Å². The molecular weight excluding hydrogens is 1000 g/mol. The lowest BCUT2D eigenvalue weighted by molar-refractivity contribution is -0.298. The van der Waals surface area contributed by atoms with Gasteiger partial charge in [-0.2, -0.15) is 8.42 Å². The molecule has 13 heteroatoms. The van der Waals surface area contributed by atoms with E-state index in [0.29, 0.717) is 12.8 Å². The summed E-state index contributed by atoms with van der Waals surface area (Å²) in [7, 11) is -5.08. The minimum atomic E-state index is -5.08. The number of amides is 1. The number of rotatable bonds is 61. The van der Waals surface area contributed by atoms with Gasteiger partial charge in [0, 0.05) is 6.42 Å². The molecule has 0 aromatic heterocycles. The first-order valence-electron chi connectivity index (χ1n) is 33.9. The van der Waals surface area contributed by atoms with Crippen molar-refractivity contribution in [3.8, 4) is 0 Å². The van der Waals surface area contributed by atoms with Crippen LogP contribution in [-0.2, 0) is 28.9 Å². The smallest absolute Gasteiger partial charge is 0.394 e. The first-order chi connectivity index (χ1) is 38.0. The highest BCUT2D eigenvalue weighted by molar-refractivity contribution is 7.80. The lowest BCUT2D eigenvalue weighted by Gasteiger charge is -2.41. The zero-order valence-corrected chi connectivity index (χ0v) is 51.8. The molecule has 0 aliphatic carbocycles. The molecule has 7 unspecified atom stereocenters. The molecule has 1 heterocycles. The average Bonchev–Trinajstić information content (AvgIpc) is 3.44. The number of carbonyl (C=O) groups excluding carboxylic acids is 1. The molecule has 1 saturated heterocycles. The molecule has 1 aliphatic rings. The number of carbonyl (C=O) groups is 1. The van der Waals surface area contributed by atoms with E-state index in [2.05, 4.69) is 23.3 Å². The highest BCUT2D eigenvalue weighted by Gasteiger charge is 2.48. The monoisotopic (exact) mass is 1130 g/mol. The van der Waals surface area contributed by atoms with Crippen molar-refractivity contribution in [3.05, 3.63) is 0 Å². The Morgan fingerprint density at radius 1 is 0.462 bits per heavy atom. The second-order valence-corrected chi connectivity index (χ2v) is 25.2. The van der Waals surface area contributed by atoms with Gasteiger partial charge in [-0.05, 0) is 12.8 Å². The Labute approximate surface area is 481 Å². The maximum Gasteiger partial charge on any atom is 0.397 e. The van der Waals surface area contributed by atoms with Crippen molar-refractivity contribution in [2.45, 2.75) is 397 Å². The van der Waals surface area contributed by atoms with E-state index in [0.717, 1.165) is 51.4 Å². The minimum absolute atomic E-state index is 0.220. The number of aliphatic hydroxyl groups is 4. The molecule has 1 aliphatic heterocycles. The summed E-state index contributed by atoms with van der Waals surface area (Å²) in [5.41, 5.74) is 0. The van der Waals surface area contributed by atoms with Gasteiger partial charge in [-0.25, -0.2) is 4.18 Å². The van der Waals surface area contributed by atoms with Crippen molar-refractivity contribution in [1.82, 2.24) is 5.32 Å². The Balaban J connectivity index is 2.16. The summed E-state index contributed by atoms with van der Waals surface area (Å²) in [6, 6.07) is -0.854. The number of unbranched alkanes of at least 4 members (excludes halogenated alkanes) is 49. The van der Waals surface area contributed by atoms with Crippen molar-refractivity contribution < 1.29 is 51.8 Å². The number of hydrogen-bond acceptors (Lipinski definition) is 10. The van der Waals surface area contributed by atoms with E-state index in [9.17, 15) is 38.2 Å². The van der Waals surface area contributed by atoms with Crippen molar-refractivity contribution >= 4 is 16.3 Å². The second-order valence-electron chi connectivity index (χ2n) is 24.1. The molecule has 0 spiro atoms. The third kappa shape index (κ3) is 46.6. The zero-order chi connectivity index (χ0) is 56.8. The first-order valence-corrected chi connectivity index (χ1v) is 35.3. The minimum Gasteiger partial charge on any atom is -0.394 e. The third-order valence-corrected chi connectivity index (χ3v) is 17.1. The quantitative estimate of drug-likeness (QED) is 0.0251. The van der Waals surface area contributed by atoms with Crippen molar-refractivity contribution in [2.24, 2.45) is 0 Å². The van der Waals surface area contributed by atoms with Crippen LogP contribution in [0.3, 0.4) is 0 Å². The summed E-state index contributed by atoms with van der Waals surface area (Å²) in [6.45, 7) is 3.51. The predicted molar refractivity (Wildman–Crippen MR) is 324 cm³/mol. The average molecular weight is 1130 g/mol. The first kappa shape index (κ1) is 75.1. The Hall–Kier alpha value is -0.900. The van der Waals surface area contributed by atoms with E-state index in [1.165, 1.54) is 276 Å². The van der Waals surface area contributed by atoms with E-state index in [1.54, 1.807) is 0 Å². The molecule has 0 aromatic rings. The van der Waals surface area contributed by atoms with Gasteiger partial charge in [-0.15, -0.1) is 0 Å². The molecule has 1 fully saturated rings. The molecule has 7 atom stereocenters. The number of hydrogen-bond donors (Lipinski definition) is 6. The third-order valence-electron chi connectivity index (χ3n) is 16.7. The summed E-state index contributed by atoms with van der Waals surface area (Å²) >= 11 is 0. The fourth-order valence-corrected chi connectivity index (χ4v) is 12.0. The van der Waals surface area contributed by atoms with Gasteiger partial charge in [0.15, 0.2) is 6.29 Å². The molecule has 0 bridgehead atoms. The standard InChI is InChI=1S/C65H129NO11S/c1-3-5-7-9-11-13-15-17-19-21-22-23-24-25-26-27-28-29-30-31-32-33-34-35-36-37-38-39-41-43-45-47-49-51-53-55-61(69)66-58(57-75-65-63(71)64(77-78(72,73)74)62(70)60(56-67)76-65)59(68)54-52-50-48-46-44-42-40-20-18-16-14-12-10-8-6-4-2/h58-60,62-65,67-68,70-71H,3-57H2,1-2H3,(H,66,69)(H,72,73,74). The Morgan fingerprint density at radius 2 is 0.744 bits per heavy atom. The Bertz CT molecular complexity index is 1380. The second kappa shape index (κ2) is 55.3. The summed E-state index contributed by atoms with van der Waals surface area (Å²) < 4.78 is 48.0. The molecule has 6 N–H and O–H groups in total. The van der Waals surface area contributed by atoms with Gasteiger partial charge >= 0.3 is 10.4 Å². The maximum atomic E-state index is 13.2. The highest BCUT2D eigenvalue weighted by Crippen LogP contribution is 2.27. The van der Waals surface area contributed by atoms with Crippen LogP contribution in [0, 0.1) is 0 Å². The molecule has 0 radical (unpaired) electrons. The lowest BCUT2D eigenvalue weighted by Crippen LogP contribution is -2.61. The molecule has 12 nitrogen and oxygen atoms in total. The summed E-state index contributed by atoms with van der Waals surface area (Å²) in [5, 5.41) is 45.2. The number of nitrogens with one attached hydrogen (secondary N) is 1. The van der Waals surface area contributed by atoms with Crippen molar-refractivity contribution in [3.63, 3.8) is 0 Å². The summed E-state index contributed by atoms with van der Waals surface area (Å²) in [5.74, 6) is -0.220. The number of ether oxygens (including phenoxy) is 2. The molecule has 466 valence electrons. The molecule has 0 aromatic carbocycles. The topological polar surface area (TPSA) is 192 Å². The molecule has 1 rings (SSSR count). The van der Waals surface area contributed by atoms with Crippen LogP contribution in [0.25, 0.3) is 0 Å². The van der Waals surface area contributed by atoms with Crippen LogP contribution in [-0.4, -0.2) is 95.4 Å². The van der Waals surface area contributed by atoms with E-state index < -0.39 is 59.9 Å². The van der Waals surface area contributed by atoms with Crippen LogP contribution in [0.15, 0.2) is 0 Å². The fourth-order valence-electron chi connectivity index (χ4n) is 11.5. The van der Waals surface area contributed by atoms with E-state index in [-0.39, 0.29) is 12.5 Å². The molecule has 1 amide bonds. The van der Waals surface area contributed by atoms with Gasteiger partial charge in [0.1, 0.15) is 24.4 Å². The Kier molecular flexibility index (Phi) is 53.3. The SMILES string of the molecule is CCCCCCCCCCCCCCCCCCCCCCCCCCCCCCCCCCCCCC(=O)NC(COC1OC(CO)C(O)C(OS(=O)(=O)O)C1O)C(O)CCCCCCCCCCCCCCCCCC. The summed E-state index contributed by atoms with van der Waals surface area (Å²) in [4.78, 5) is 13.2. The normalized spacial score (nSPS) is 18.7. The van der Waals surface area contributed by atoms with Gasteiger partial charge in [0.05, 0.1) is 25.4 Å². The van der Waals surface area contributed by atoms with Crippen LogP contribution >= 0.6 is 0 Å². The van der Waals surface area contributed by atoms with Gasteiger partial charge in [0.25, 0.3) is 0 Å². The van der Waals surface area contributed by atoms with Crippen LogP contribution in [0.4, 0.5) is 0 Å². The van der Waals surface area contributed by atoms with E-state index in [1.807, 2.05) is 0 Å². The van der Waals surface area contributed by atoms with Gasteiger partial charge < -0.3 is 35.2 Å². The number of aliphatic hydroxyl groups excluding tert-OH is 4. The van der Waals surface area contributed by atoms with E-state index in [4.69, 9.17) is 9.47 Å². The van der Waals surface area contributed by atoms with Gasteiger partial charge in [-0.3, -0.25) is 9.35 Å². The van der Waals surface area contributed by atoms with Crippen LogP contribution < -0.4 is 5.32 Å². The lowest BCUT2D eigenvalue weighted by atomic mass is 9.99. The largest absolute Gasteiger partial charge is 0.397 e. The van der Waals surface area contributed by atoms with Crippen molar-refractivity contribution in [2.75, 3.05) is 13.2 Å². The molecule has 0 saturated carbocycles. The van der Waals surface area contributed by atoms with Crippen LogP contribution in [0.2, 0.25) is 0 Å². The van der Waals surface area contributed by atoms with Crippen molar-refractivity contribution in [1.29, 1.82) is 0 Å². The predicted octanol–water partition coefficient (Wildman–Crippen LogP) is 17.2. The Morgan fingerprint density at radius 3 is 1.03 bits per heavy atom. The molecule has 78 heavy (non-hydrogen) atoms. The highest BCUT2D eigenvalue weighted by atomic mass is 32.3. The fraction of sp³-hybridized carbons (Fsp3) is 0.985.